The summed E-state index contributed by atoms with van der Waals surface area (Å²) < 4.78 is 36.5. The fourth-order valence-corrected chi connectivity index (χ4v) is 3.56. The lowest BCUT2D eigenvalue weighted by Crippen LogP contribution is -2.11. The first-order valence-electron chi connectivity index (χ1n) is 6.18. The van der Waals surface area contributed by atoms with Crippen LogP contribution in [-0.4, -0.2) is 30.1 Å². The van der Waals surface area contributed by atoms with Crippen molar-refractivity contribution >= 4 is 20.8 Å². The van der Waals surface area contributed by atoms with Gasteiger partial charge in [0, 0.05) is 22.0 Å². The van der Waals surface area contributed by atoms with Gasteiger partial charge in [-0.25, -0.2) is 8.42 Å². The van der Waals surface area contributed by atoms with Gasteiger partial charge < -0.3 is 0 Å². The van der Waals surface area contributed by atoms with E-state index in [0.29, 0.717) is 0 Å². The molecule has 0 N–H and O–H groups in total. The molecule has 0 bridgehead atoms. The van der Waals surface area contributed by atoms with Crippen LogP contribution in [0, 0.1) is 0 Å². The van der Waals surface area contributed by atoms with E-state index in [1.54, 1.807) is 30.5 Å². The van der Waals surface area contributed by atoms with Crippen LogP contribution in [0.25, 0.3) is 11.1 Å². The van der Waals surface area contributed by atoms with Gasteiger partial charge in [-0.1, -0.05) is 24.3 Å². The maximum Gasteiger partial charge on any atom is 0.267 e. The number of hydrogen-bond acceptors (Lipinski definition) is 4. The number of rotatable bonds is 4. The summed E-state index contributed by atoms with van der Waals surface area (Å²) in [6.45, 7) is 0.101. The largest absolute Gasteiger partial charge is 0.267 e. The third-order valence-electron chi connectivity index (χ3n) is 3.15. The van der Waals surface area contributed by atoms with Crippen LogP contribution in [0.1, 0.15) is 0 Å². The molecule has 5 nitrogen and oxygen atoms in total. The highest BCUT2D eigenvalue weighted by molar-refractivity contribution is 7.89. The summed E-state index contributed by atoms with van der Waals surface area (Å²) in [5, 5.41) is 0. The number of nitrogens with zero attached hydrogens (tertiary/aromatic N) is 1. The molecule has 1 saturated heterocycles. The predicted octanol–water partition coefficient (Wildman–Crippen LogP) is 1.98. The molecule has 3 rings (SSSR count). The molecule has 1 fully saturated rings. The molecule has 1 aliphatic heterocycles. The van der Waals surface area contributed by atoms with Crippen LogP contribution in [0.2, 0.25) is 0 Å². The van der Waals surface area contributed by atoms with Crippen molar-refractivity contribution in [3.63, 3.8) is 0 Å². The molecule has 2 aromatic rings. The average Bonchev–Trinajstić information content (AvgIpc) is 3.32. The third kappa shape index (κ3) is 2.91. The minimum Gasteiger partial charge on any atom is -0.262 e. The van der Waals surface area contributed by atoms with Gasteiger partial charge in [0.1, 0.15) is 0 Å². The highest BCUT2D eigenvalue weighted by Crippen LogP contribution is 2.27. The van der Waals surface area contributed by atoms with E-state index in [9.17, 15) is 12.6 Å². The van der Waals surface area contributed by atoms with Gasteiger partial charge in [0.15, 0.2) is 6.73 Å². The predicted molar refractivity (Wildman–Crippen MR) is 79.2 cm³/mol. The van der Waals surface area contributed by atoms with Crippen LogP contribution < -0.4 is 0 Å². The minimum atomic E-state index is -3.56. The molecule has 2 aromatic carbocycles. The summed E-state index contributed by atoms with van der Waals surface area (Å²) in [4.78, 5) is 5.66. The van der Waals surface area contributed by atoms with E-state index in [1.807, 2.05) is 18.2 Å². The molecule has 0 spiro atoms. The standard InChI is InChI=1S/C14H13NO4S2/c1-20(16)13-7-5-11(6-8-13)12-3-2-4-14(9-12)21(17,18)15-10-19-15/h2-9H,10H2,1H3. The Labute approximate surface area is 125 Å². The summed E-state index contributed by atoms with van der Waals surface area (Å²) in [6, 6.07) is 13.9. The molecule has 0 radical (unpaired) electrons. The van der Waals surface area contributed by atoms with Gasteiger partial charge in [-0.05, 0) is 39.9 Å². The number of hydroxylamine groups is 1. The smallest absolute Gasteiger partial charge is 0.262 e. The molecular formula is C14H13NO4S2. The summed E-state index contributed by atoms with van der Waals surface area (Å²) in [6.07, 6.45) is 1.62. The third-order valence-corrected chi connectivity index (χ3v) is 5.69. The van der Waals surface area contributed by atoms with Crippen molar-refractivity contribution in [3.8, 4) is 11.1 Å². The van der Waals surface area contributed by atoms with E-state index in [0.717, 1.165) is 20.5 Å². The van der Waals surface area contributed by atoms with Crippen LogP contribution in [0.3, 0.4) is 0 Å². The second-order valence-corrected chi connectivity index (χ2v) is 7.78. The first-order chi connectivity index (χ1) is 9.98. The number of sulfonamides is 1. The Morgan fingerprint density at radius 2 is 1.76 bits per heavy atom. The fraction of sp³-hybridized carbons (Fsp3) is 0.143. The van der Waals surface area contributed by atoms with Gasteiger partial charge in [0.2, 0.25) is 0 Å². The van der Waals surface area contributed by atoms with Gasteiger partial charge in [0.25, 0.3) is 10.0 Å². The monoisotopic (exact) mass is 323 g/mol. The van der Waals surface area contributed by atoms with Crippen LogP contribution in [0.5, 0.6) is 0 Å². The van der Waals surface area contributed by atoms with Gasteiger partial charge in [0.05, 0.1) is 4.90 Å². The van der Waals surface area contributed by atoms with Gasteiger partial charge in [-0.3, -0.25) is 9.05 Å². The molecule has 2 unspecified atom stereocenters. The molecule has 0 aromatic heterocycles. The maximum atomic E-state index is 12.1. The first-order valence-corrected chi connectivity index (χ1v) is 9.18. The Kier molecular flexibility index (Phi) is 3.66. The van der Waals surface area contributed by atoms with Crippen molar-refractivity contribution in [1.29, 1.82) is 0 Å². The Balaban J connectivity index is 1.98. The maximum absolute atomic E-state index is 12.1. The highest BCUT2D eigenvalue weighted by atomic mass is 32.2. The SMILES string of the molecule is CS(=O)c1ccc(-c2cccc(S(=O)(=O)N3CO3)c2)cc1. The molecule has 0 saturated carbocycles. The molecule has 7 heteroatoms. The van der Waals surface area contributed by atoms with Crippen LogP contribution in [0.4, 0.5) is 0 Å². The van der Waals surface area contributed by atoms with Crippen LogP contribution in [0.15, 0.2) is 58.3 Å². The average molecular weight is 323 g/mol. The summed E-state index contributed by atoms with van der Waals surface area (Å²) in [7, 11) is -4.58. The molecular weight excluding hydrogens is 310 g/mol. The van der Waals surface area contributed by atoms with E-state index in [1.165, 1.54) is 6.07 Å². The molecule has 0 amide bonds. The first kappa shape index (κ1) is 14.4. The topological polar surface area (TPSA) is 66.8 Å². The lowest BCUT2D eigenvalue weighted by molar-refractivity contribution is 0.294. The van der Waals surface area contributed by atoms with Gasteiger partial charge in [-0.2, -0.15) is 0 Å². The van der Waals surface area contributed by atoms with E-state index in [-0.39, 0.29) is 11.6 Å². The lowest BCUT2D eigenvalue weighted by atomic mass is 10.1. The Morgan fingerprint density at radius 1 is 1.10 bits per heavy atom. The zero-order valence-corrected chi connectivity index (χ0v) is 12.9. The summed E-state index contributed by atoms with van der Waals surface area (Å²) in [5.74, 6) is 0. The zero-order valence-electron chi connectivity index (χ0n) is 11.2. The van der Waals surface area contributed by atoms with Gasteiger partial charge in [-0.15, -0.1) is 0 Å². The summed E-state index contributed by atoms with van der Waals surface area (Å²) >= 11 is 0. The molecule has 21 heavy (non-hydrogen) atoms. The van der Waals surface area contributed by atoms with E-state index in [4.69, 9.17) is 4.84 Å². The Hall–Kier alpha value is -1.54. The van der Waals surface area contributed by atoms with Crippen molar-refractivity contribution < 1.29 is 17.5 Å². The second kappa shape index (κ2) is 5.34. The normalized spacial score (nSPS) is 19.2. The van der Waals surface area contributed by atoms with Crippen molar-refractivity contribution in [2.75, 3.05) is 13.0 Å². The van der Waals surface area contributed by atoms with E-state index < -0.39 is 20.8 Å². The zero-order chi connectivity index (χ0) is 15.0. The lowest BCUT2D eigenvalue weighted by Gasteiger charge is -2.06. The van der Waals surface area contributed by atoms with Crippen LogP contribution in [-0.2, 0) is 25.7 Å². The van der Waals surface area contributed by atoms with E-state index >= 15 is 0 Å². The minimum absolute atomic E-state index is 0.101. The Morgan fingerprint density at radius 3 is 2.33 bits per heavy atom. The molecule has 110 valence electrons. The number of benzene rings is 2. The summed E-state index contributed by atoms with van der Waals surface area (Å²) in [5.41, 5.74) is 1.65. The molecule has 1 aliphatic rings. The highest BCUT2D eigenvalue weighted by Gasteiger charge is 2.35. The Bertz CT molecular complexity index is 796. The fourth-order valence-electron chi connectivity index (χ4n) is 1.96. The second-order valence-electron chi connectivity index (χ2n) is 4.57. The molecule has 1 heterocycles. The van der Waals surface area contributed by atoms with Crippen molar-refractivity contribution in [3.05, 3.63) is 48.5 Å². The number of hydrogen-bond donors (Lipinski definition) is 0. The quantitative estimate of drug-likeness (QED) is 0.807. The van der Waals surface area contributed by atoms with Crippen LogP contribution >= 0.6 is 0 Å². The van der Waals surface area contributed by atoms with Crippen molar-refractivity contribution in [2.45, 2.75) is 9.79 Å². The van der Waals surface area contributed by atoms with Crippen molar-refractivity contribution in [1.82, 2.24) is 4.47 Å². The van der Waals surface area contributed by atoms with E-state index in [2.05, 4.69) is 0 Å². The molecule has 0 aliphatic carbocycles. The van der Waals surface area contributed by atoms with Gasteiger partial charge >= 0.3 is 0 Å². The molecule has 2 atom stereocenters. The van der Waals surface area contributed by atoms with Crippen molar-refractivity contribution in [2.24, 2.45) is 0 Å².